The van der Waals surface area contributed by atoms with Gasteiger partial charge in [-0.25, -0.2) is 0 Å². The van der Waals surface area contributed by atoms with E-state index in [-0.39, 0.29) is 12.0 Å². The number of anilines is 1. The van der Waals surface area contributed by atoms with Crippen LogP contribution in [0.4, 0.5) is 5.69 Å². The minimum absolute atomic E-state index is 0.120. The lowest BCUT2D eigenvalue weighted by Gasteiger charge is -2.12. The largest absolute Gasteiger partial charge is 0.491 e. The third kappa shape index (κ3) is 4.11. The summed E-state index contributed by atoms with van der Waals surface area (Å²) >= 11 is 0. The second-order valence-electron chi connectivity index (χ2n) is 5.74. The predicted molar refractivity (Wildman–Crippen MR) is 90.0 cm³/mol. The SMILES string of the molecule is Cc1ccccc1NC(=O)c1ccc(OC[C@H]2CCCO2)cc1. The maximum Gasteiger partial charge on any atom is 0.255 e. The molecule has 0 spiro atoms. The Morgan fingerprint density at radius 2 is 2.00 bits per heavy atom. The van der Waals surface area contributed by atoms with Crippen molar-refractivity contribution in [2.24, 2.45) is 0 Å². The molecule has 4 heteroatoms. The Labute approximate surface area is 136 Å². The molecule has 3 rings (SSSR count). The molecule has 1 saturated heterocycles. The predicted octanol–water partition coefficient (Wildman–Crippen LogP) is 3.81. The number of nitrogens with one attached hydrogen (secondary N) is 1. The van der Waals surface area contributed by atoms with E-state index in [2.05, 4.69) is 5.32 Å². The molecule has 1 heterocycles. The van der Waals surface area contributed by atoms with E-state index in [4.69, 9.17) is 9.47 Å². The number of amides is 1. The first-order valence-electron chi connectivity index (χ1n) is 7.94. The van der Waals surface area contributed by atoms with E-state index in [0.29, 0.717) is 12.2 Å². The van der Waals surface area contributed by atoms with E-state index in [1.165, 1.54) is 0 Å². The van der Waals surface area contributed by atoms with Crippen molar-refractivity contribution in [2.75, 3.05) is 18.5 Å². The molecule has 2 aromatic carbocycles. The van der Waals surface area contributed by atoms with Crippen molar-refractivity contribution in [1.82, 2.24) is 0 Å². The fraction of sp³-hybridized carbons (Fsp3) is 0.316. The maximum atomic E-state index is 12.3. The van der Waals surface area contributed by atoms with Gasteiger partial charge in [-0.05, 0) is 55.7 Å². The van der Waals surface area contributed by atoms with E-state index in [1.54, 1.807) is 12.1 Å². The number of aryl methyl sites for hydroxylation is 1. The Morgan fingerprint density at radius 3 is 2.70 bits per heavy atom. The van der Waals surface area contributed by atoms with Crippen molar-refractivity contribution in [1.29, 1.82) is 0 Å². The first-order chi connectivity index (χ1) is 11.2. The van der Waals surface area contributed by atoms with Crippen LogP contribution in [0.25, 0.3) is 0 Å². The minimum atomic E-state index is -0.120. The molecule has 0 radical (unpaired) electrons. The molecule has 1 amide bonds. The molecule has 0 aliphatic carbocycles. The Bertz CT molecular complexity index is 661. The molecular weight excluding hydrogens is 290 g/mol. The number of hydrogen-bond acceptors (Lipinski definition) is 3. The third-order valence-corrected chi connectivity index (χ3v) is 3.97. The first kappa shape index (κ1) is 15.6. The molecule has 0 saturated carbocycles. The molecule has 120 valence electrons. The number of carbonyl (C=O) groups is 1. The van der Waals surface area contributed by atoms with Crippen molar-refractivity contribution in [3.8, 4) is 5.75 Å². The van der Waals surface area contributed by atoms with Crippen LogP contribution in [0.2, 0.25) is 0 Å². The van der Waals surface area contributed by atoms with Gasteiger partial charge in [0.2, 0.25) is 0 Å². The lowest BCUT2D eigenvalue weighted by Crippen LogP contribution is -2.16. The fourth-order valence-corrected chi connectivity index (χ4v) is 2.58. The summed E-state index contributed by atoms with van der Waals surface area (Å²) in [5.41, 5.74) is 2.48. The molecule has 1 aliphatic heterocycles. The van der Waals surface area contributed by atoms with E-state index in [0.717, 1.165) is 36.4 Å². The van der Waals surface area contributed by atoms with Gasteiger partial charge in [-0.3, -0.25) is 4.79 Å². The van der Waals surface area contributed by atoms with Gasteiger partial charge in [-0.15, -0.1) is 0 Å². The van der Waals surface area contributed by atoms with Gasteiger partial charge < -0.3 is 14.8 Å². The summed E-state index contributed by atoms with van der Waals surface area (Å²) in [5.74, 6) is 0.637. The van der Waals surface area contributed by atoms with Crippen LogP contribution < -0.4 is 10.1 Å². The van der Waals surface area contributed by atoms with Gasteiger partial charge in [0.05, 0.1) is 6.10 Å². The van der Waals surface area contributed by atoms with Gasteiger partial charge in [0, 0.05) is 17.9 Å². The minimum Gasteiger partial charge on any atom is -0.491 e. The van der Waals surface area contributed by atoms with Crippen molar-refractivity contribution in [3.05, 3.63) is 59.7 Å². The maximum absolute atomic E-state index is 12.3. The summed E-state index contributed by atoms with van der Waals surface area (Å²) in [6, 6.07) is 14.9. The average molecular weight is 311 g/mol. The molecule has 0 bridgehead atoms. The molecule has 23 heavy (non-hydrogen) atoms. The van der Waals surface area contributed by atoms with E-state index < -0.39 is 0 Å². The second kappa shape index (κ2) is 7.29. The Hall–Kier alpha value is -2.33. The van der Waals surface area contributed by atoms with Crippen LogP contribution in [0.3, 0.4) is 0 Å². The van der Waals surface area contributed by atoms with E-state index in [9.17, 15) is 4.79 Å². The molecule has 1 fully saturated rings. The smallest absolute Gasteiger partial charge is 0.255 e. The summed E-state index contributed by atoms with van der Waals surface area (Å²) < 4.78 is 11.2. The molecule has 1 aliphatic rings. The molecule has 4 nitrogen and oxygen atoms in total. The molecule has 0 aromatic heterocycles. The van der Waals surface area contributed by atoms with Gasteiger partial charge in [-0.2, -0.15) is 0 Å². The number of rotatable bonds is 5. The van der Waals surface area contributed by atoms with Crippen LogP contribution in [-0.4, -0.2) is 25.2 Å². The van der Waals surface area contributed by atoms with Crippen LogP contribution >= 0.6 is 0 Å². The summed E-state index contributed by atoms with van der Waals surface area (Å²) in [7, 11) is 0. The van der Waals surface area contributed by atoms with Crippen molar-refractivity contribution in [3.63, 3.8) is 0 Å². The third-order valence-electron chi connectivity index (χ3n) is 3.97. The summed E-state index contributed by atoms with van der Waals surface area (Å²) in [6.07, 6.45) is 2.35. The molecule has 2 aromatic rings. The van der Waals surface area contributed by atoms with Gasteiger partial charge in [0.1, 0.15) is 12.4 Å². The highest BCUT2D eigenvalue weighted by molar-refractivity contribution is 6.04. The van der Waals surface area contributed by atoms with Gasteiger partial charge in [0.15, 0.2) is 0 Å². The number of ether oxygens (including phenoxy) is 2. The van der Waals surface area contributed by atoms with Crippen LogP contribution in [0.1, 0.15) is 28.8 Å². The highest BCUT2D eigenvalue weighted by Gasteiger charge is 2.16. The zero-order valence-corrected chi connectivity index (χ0v) is 13.2. The molecule has 0 unspecified atom stereocenters. The quantitative estimate of drug-likeness (QED) is 0.913. The average Bonchev–Trinajstić information content (AvgIpc) is 3.09. The lowest BCUT2D eigenvalue weighted by atomic mass is 10.1. The fourth-order valence-electron chi connectivity index (χ4n) is 2.58. The highest BCUT2D eigenvalue weighted by Crippen LogP contribution is 2.18. The van der Waals surface area contributed by atoms with Crippen LogP contribution in [0.15, 0.2) is 48.5 Å². The van der Waals surface area contributed by atoms with Crippen molar-refractivity contribution in [2.45, 2.75) is 25.9 Å². The highest BCUT2D eigenvalue weighted by atomic mass is 16.5. The number of para-hydroxylation sites is 1. The van der Waals surface area contributed by atoms with Crippen LogP contribution in [-0.2, 0) is 4.74 Å². The summed E-state index contributed by atoms with van der Waals surface area (Å²) in [4.78, 5) is 12.3. The van der Waals surface area contributed by atoms with E-state index >= 15 is 0 Å². The summed E-state index contributed by atoms with van der Waals surface area (Å²) in [5, 5.41) is 2.92. The molecular formula is C19H21NO3. The molecule has 1 N–H and O–H groups in total. The second-order valence-corrected chi connectivity index (χ2v) is 5.74. The Morgan fingerprint density at radius 1 is 1.22 bits per heavy atom. The molecule has 1 atom stereocenters. The number of benzene rings is 2. The Balaban J connectivity index is 1.57. The standard InChI is InChI=1S/C19H21NO3/c1-14-5-2-3-7-18(14)20-19(21)15-8-10-16(11-9-15)23-13-17-6-4-12-22-17/h2-3,5,7-11,17H,4,6,12-13H2,1H3,(H,20,21)/t17-/m1/s1. The Kier molecular flexibility index (Phi) is 4.93. The lowest BCUT2D eigenvalue weighted by molar-refractivity contribution is 0.0679. The van der Waals surface area contributed by atoms with Crippen molar-refractivity contribution < 1.29 is 14.3 Å². The number of hydrogen-bond donors (Lipinski definition) is 1. The summed E-state index contributed by atoms with van der Waals surface area (Å²) in [6.45, 7) is 3.36. The van der Waals surface area contributed by atoms with Gasteiger partial charge in [0.25, 0.3) is 5.91 Å². The zero-order chi connectivity index (χ0) is 16.1. The van der Waals surface area contributed by atoms with Crippen molar-refractivity contribution >= 4 is 11.6 Å². The number of carbonyl (C=O) groups excluding carboxylic acids is 1. The van der Waals surface area contributed by atoms with Crippen LogP contribution in [0.5, 0.6) is 5.75 Å². The normalized spacial score (nSPS) is 17.0. The monoisotopic (exact) mass is 311 g/mol. The van der Waals surface area contributed by atoms with Crippen LogP contribution in [0, 0.1) is 6.92 Å². The van der Waals surface area contributed by atoms with E-state index in [1.807, 2.05) is 43.3 Å². The van der Waals surface area contributed by atoms with Gasteiger partial charge >= 0.3 is 0 Å². The van der Waals surface area contributed by atoms with Gasteiger partial charge in [-0.1, -0.05) is 18.2 Å². The topological polar surface area (TPSA) is 47.6 Å². The zero-order valence-electron chi connectivity index (χ0n) is 13.2. The first-order valence-corrected chi connectivity index (χ1v) is 7.94.